The van der Waals surface area contributed by atoms with Gasteiger partial charge in [0.25, 0.3) is 0 Å². The summed E-state index contributed by atoms with van der Waals surface area (Å²) >= 11 is 0. The number of piperazine rings is 1. The minimum Gasteiger partial charge on any atom is -0.354 e. The Morgan fingerprint density at radius 1 is 1.19 bits per heavy atom. The highest BCUT2D eigenvalue weighted by Gasteiger charge is 2.36. The second kappa shape index (κ2) is 8.64. The summed E-state index contributed by atoms with van der Waals surface area (Å²) in [7, 11) is 2.12. The number of nitrogens with zero attached hydrogens (tertiary/aromatic N) is 3. The Morgan fingerprint density at radius 3 is 2.69 bits per heavy atom. The van der Waals surface area contributed by atoms with E-state index in [1.807, 2.05) is 36.1 Å². The second-order valence-electron chi connectivity index (χ2n) is 7.48. The number of likely N-dealkylation sites (N-methyl/N-ethyl adjacent to an activating group) is 1. The average molecular weight is 358 g/mol. The minimum absolute atomic E-state index is 0.0119. The number of likely N-dealkylation sites (tertiary alicyclic amines) is 1. The summed E-state index contributed by atoms with van der Waals surface area (Å²) in [6.45, 7) is 7.93. The van der Waals surface area contributed by atoms with Crippen molar-refractivity contribution in [3.8, 4) is 0 Å². The van der Waals surface area contributed by atoms with Crippen LogP contribution < -0.4 is 5.32 Å². The molecule has 142 valence electrons. The lowest BCUT2D eigenvalue weighted by Gasteiger charge is -2.35. The molecule has 1 atom stereocenters. The van der Waals surface area contributed by atoms with Crippen LogP contribution in [0.1, 0.15) is 17.5 Å². The maximum Gasteiger partial charge on any atom is 0.240 e. The van der Waals surface area contributed by atoms with Gasteiger partial charge in [-0.05, 0) is 26.0 Å². The van der Waals surface area contributed by atoms with Crippen LogP contribution in [-0.2, 0) is 16.0 Å². The van der Waals surface area contributed by atoms with E-state index >= 15 is 0 Å². The molecule has 0 radical (unpaired) electrons. The predicted molar refractivity (Wildman–Crippen MR) is 102 cm³/mol. The Bertz CT molecular complexity index is 640. The molecule has 0 aliphatic carbocycles. The number of carbonyl (C=O) groups is 2. The standard InChI is InChI=1S/C20H30N4O2/c1-16-4-3-5-17(14-16)15-19(25)21-7-9-24-8-6-18(20(24)26)23-12-10-22(2)11-13-23/h3-5,14,18H,6-13,15H2,1-2H3,(H,21,25). The van der Waals surface area contributed by atoms with E-state index in [0.717, 1.165) is 50.3 Å². The summed E-state index contributed by atoms with van der Waals surface area (Å²) in [6, 6.07) is 8.03. The van der Waals surface area contributed by atoms with Gasteiger partial charge in [-0.25, -0.2) is 0 Å². The van der Waals surface area contributed by atoms with E-state index in [9.17, 15) is 9.59 Å². The summed E-state index contributed by atoms with van der Waals surface area (Å²) in [5.74, 6) is 0.236. The number of carbonyl (C=O) groups excluding carboxylic acids is 2. The molecule has 0 saturated carbocycles. The highest BCUT2D eigenvalue weighted by atomic mass is 16.2. The average Bonchev–Trinajstić information content (AvgIpc) is 2.96. The molecule has 1 N–H and O–H groups in total. The highest BCUT2D eigenvalue weighted by molar-refractivity contribution is 5.84. The van der Waals surface area contributed by atoms with Crippen LogP contribution in [0.25, 0.3) is 0 Å². The molecule has 0 spiro atoms. The molecule has 6 nitrogen and oxygen atoms in total. The van der Waals surface area contributed by atoms with Gasteiger partial charge in [-0.3, -0.25) is 14.5 Å². The Balaban J connectivity index is 1.40. The summed E-state index contributed by atoms with van der Waals surface area (Å²) in [4.78, 5) is 31.3. The van der Waals surface area contributed by atoms with Crippen molar-refractivity contribution in [1.29, 1.82) is 0 Å². The molecular weight excluding hydrogens is 328 g/mol. The van der Waals surface area contributed by atoms with Crippen LogP contribution in [-0.4, -0.2) is 85.4 Å². The van der Waals surface area contributed by atoms with E-state index in [-0.39, 0.29) is 17.9 Å². The van der Waals surface area contributed by atoms with E-state index in [1.165, 1.54) is 0 Å². The van der Waals surface area contributed by atoms with Crippen molar-refractivity contribution >= 4 is 11.8 Å². The van der Waals surface area contributed by atoms with E-state index in [1.54, 1.807) is 0 Å². The molecule has 1 aromatic rings. The first-order valence-corrected chi connectivity index (χ1v) is 9.56. The van der Waals surface area contributed by atoms with Gasteiger partial charge >= 0.3 is 0 Å². The van der Waals surface area contributed by atoms with Crippen molar-refractivity contribution in [3.63, 3.8) is 0 Å². The predicted octanol–water partition coefficient (Wildman–Crippen LogP) is 0.502. The minimum atomic E-state index is 0.0119. The van der Waals surface area contributed by atoms with Gasteiger partial charge in [0.1, 0.15) is 0 Å². The maximum absolute atomic E-state index is 12.6. The number of nitrogens with one attached hydrogen (secondary N) is 1. The van der Waals surface area contributed by atoms with Crippen LogP contribution >= 0.6 is 0 Å². The van der Waals surface area contributed by atoms with Crippen molar-refractivity contribution in [2.24, 2.45) is 0 Å². The Kier molecular flexibility index (Phi) is 6.27. The first kappa shape index (κ1) is 18.9. The molecule has 2 aliphatic heterocycles. The first-order valence-electron chi connectivity index (χ1n) is 9.56. The van der Waals surface area contributed by atoms with Crippen LogP contribution in [0.15, 0.2) is 24.3 Å². The molecule has 2 aliphatic rings. The molecule has 2 amide bonds. The Hall–Kier alpha value is -1.92. The second-order valence-corrected chi connectivity index (χ2v) is 7.48. The van der Waals surface area contributed by atoms with E-state index < -0.39 is 0 Å². The third kappa shape index (κ3) is 4.83. The molecule has 2 heterocycles. The first-order chi connectivity index (χ1) is 12.5. The zero-order valence-corrected chi connectivity index (χ0v) is 15.9. The number of rotatable bonds is 6. The summed E-state index contributed by atoms with van der Waals surface area (Å²) in [5.41, 5.74) is 2.18. The maximum atomic E-state index is 12.6. The molecule has 6 heteroatoms. The van der Waals surface area contributed by atoms with Crippen molar-refractivity contribution in [1.82, 2.24) is 20.0 Å². The molecule has 0 bridgehead atoms. The SMILES string of the molecule is Cc1cccc(CC(=O)NCCN2CCC(N3CCN(C)CC3)C2=O)c1. The van der Waals surface area contributed by atoms with Crippen molar-refractivity contribution in [2.45, 2.75) is 25.8 Å². The van der Waals surface area contributed by atoms with Gasteiger partial charge in [-0.15, -0.1) is 0 Å². The molecule has 1 aromatic carbocycles. The summed E-state index contributed by atoms with van der Waals surface area (Å²) in [5, 5.41) is 2.95. The van der Waals surface area contributed by atoms with E-state index in [4.69, 9.17) is 0 Å². The molecular formula is C20H30N4O2. The van der Waals surface area contributed by atoms with Gasteiger partial charge < -0.3 is 15.1 Å². The largest absolute Gasteiger partial charge is 0.354 e. The number of hydrogen-bond donors (Lipinski definition) is 1. The quantitative estimate of drug-likeness (QED) is 0.805. The lowest BCUT2D eigenvalue weighted by atomic mass is 10.1. The zero-order valence-electron chi connectivity index (χ0n) is 15.9. The Morgan fingerprint density at radius 2 is 1.96 bits per heavy atom. The van der Waals surface area contributed by atoms with Gasteiger partial charge in [0, 0.05) is 45.8 Å². The van der Waals surface area contributed by atoms with Gasteiger partial charge in [0.2, 0.25) is 11.8 Å². The fraction of sp³-hybridized carbons (Fsp3) is 0.600. The number of hydrogen-bond acceptors (Lipinski definition) is 4. The lowest BCUT2D eigenvalue weighted by Crippen LogP contribution is -2.51. The van der Waals surface area contributed by atoms with Gasteiger partial charge in [-0.2, -0.15) is 0 Å². The van der Waals surface area contributed by atoms with Crippen molar-refractivity contribution in [3.05, 3.63) is 35.4 Å². The smallest absolute Gasteiger partial charge is 0.240 e. The third-order valence-corrected chi connectivity index (χ3v) is 5.40. The molecule has 2 saturated heterocycles. The fourth-order valence-electron chi connectivity index (χ4n) is 3.82. The zero-order chi connectivity index (χ0) is 18.5. The molecule has 1 unspecified atom stereocenters. The van der Waals surface area contributed by atoms with Gasteiger partial charge in [-0.1, -0.05) is 29.8 Å². The van der Waals surface area contributed by atoms with Gasteiger partial charge in [0.05, 0.1) is 12.5 Å². The monoisotopic (exact) mass is 358 g/mol. The third-order valence-electron chi connectivity index (χ3n) is 5.40. The van der Waals surface area contributed by atoms with Crippen molar-refractivity contribution in [2.75, 3.05) is 52.9 Å². The van der Waals surface area contributed by atoms with Crippen LogP contribution in [0.4, 0.5) is 0 Å². The number of amides is 2. The molecule has 0 aromatic heterocycles. The molecule has 26 heavy (non-hydrogen) atoms. The fourth-order valence-corrected chi connectivity index (χ4v) is 3.82. The van der Waals surface area contributed by atoms with E-state index in [2.05, 4.69) is 22.2 Å². The van der Waals surface area contributed by atoms with Crippen LogP contribution in [0, 0.1) is 6.92 Å². The highest BCUT2D eigenvalue weighted by Crippen LogP contribution is 2.18. The molecule has 3 rings (SSSR count). The number of aryl methyl sites for hydroxylation is 1. The lowest BCUT2D eigenvalue weighted by molar-refractivity contribution is -0.133. The van der Waals surface area contributed by atoms with E-state index in [0.29, 0.717) is 19.5 Å². The van der Waals surface area contributed by atoms with Crippen LogP contribution in [0.5, 0.6) is 0 Å². The Labute approximate surface area is 156 Å². The topological polar surface area (TPSA) is 55.9 Å². The normalized spacial score (nSPS) is 22.0. The number of benzene rings is 1. The van der Waals surface area contributed by atoms with Crippen LogP contribution in [0.2, 0.25) is 0 Å². The summed E-state index contributed by atoms with van der Waals surface area (Å²) in [6.07, 6.45) is 1.29. The van der Waals surface area contributed by atoms with Crippen molar-refractivity contribution < 1.29 is 9.59 Å². The van der Waals surface area contributed by atoms with Gasteiger partial charge in [0.15, 0.2) is 0 Å². The molecule has 2 fully saturated rings. The van der Waals surface area contributed by atoms with Crippen LogP contribution in [0.3, 0.4) is 0 Å². The summed E-state index contributed by atoms with van der Waals surface area (Å²) < 4.78 is 0.